The molecule has 0 spiro atoms. The zero-order valence-electron chi connectivity index (χ0n) is 8.57. The van der Waals surface area contributed by atoms with Gasteiger partial charge in [0.1, 0.15) is 0 Å². The maximum Gasteiger partial charge on any atom is 0.416 e. The van der Waals surface area contributed by atoms with E-state index >= 15 is 0 Å². The topological polar surface area (TPSA) is 21.3 Å². The van der Waals surface area contributed by atoms with Crippen LogP contribution in [0.25, 0.3) is 0 Å². The average molecular weight is 298 g/mol. The SMILES string of the molecule is COCCNc1cc(Br)cc(C(F)(F)F)c1. The number of alkyl halides is 3. The van der Waals surface area contributed by atoms with Crippen LogP contribution in [0.4, 0.5) is 18.9 Å². The van der Waals surface area contributed by atoms with Gasteiger partial charge in [-0.05, 0) is 18.2 Å². The third-order valence-electron chi connectivity index (χ3n) is 1.86. The fraction of sp³-hybridized carbons (Fsp3) is 0.400. The van der Waals surface area contributed by atoms with Crippen molar-refractivity contribution < 1.29 is 17.9 Å². The predicted molar refractivity (Wildman–Crippen MR) is 59.5 cm³/mol. The third-order valence-corrected chi connectivity index (χ3v) is 2.32. The van der Waals surface area contributed by atoms with E-state index in [0.29, 0.717) is 23.3 Å². The maximum absolute atomic E-state index is 12.5. The van der Waals surface area contributed by atoms with Gasteiger partial charge in [0.05, 0.1) is 12.2 Å². The van der Waals surface area contributed by atoms with Gasteiger partial charge in [-0.25, -0.2) is 0 Å². The Balaban J connectivity index is 2.82. The monoisotopic (exact) mass is 297 g/mol. The number of benzene rings is 1. The number of rotatable bonds is 4. The molecule has 0 fully saturated rings. The number of anilines is 1. The largest absolute Gasteiger partial charge is 0.416 e. The number of methoxy groups -OCH3 is 1. The number of nitrogens with one attached hydrogen (secondary N) is 1. The lowest BCUT2D eigenvalue weighted by atomic mass is 10.2. The minimum atomic E-state index is -4.33. The van der Waals surface area contributed by atoms with Gasteiger partial charge in [0.15, 0.2) is 0 Å². The molecule has 6 heteroatoms. The van der Waals surface area contributed by atoms with Crippen LogP contribution in [-0.2, 0) is 10.9 Å². The van der Waals surface area contributed by atoms with Crippen molar-refractivity contribution in [2.75, 3.05) is 25.6 Å². The number of ether oxygens (including phenoxy) is 1. The second kappa shape index (κ2) is 5.54. The van der Waals surface area contributed by atoms with Crippen LogP contribution < -0.4 is 5.32 Å². The molecular weight excluding hydrogens is 287 g/mol. The first-order valence-corrected chi connectivity index (χ1v) is 5.33. The molecule has 0 bridgehead atoms. The molecule has 1 N–H and O–H groups in total. The fourth-order valence-electron chi connectivity index (χ4n) is 1.15. The van der Waals surface area contributed by atoms with Crippen LogP contribution in [0.1, 0.15) is 5.56 Å². The Hall–Kier alpha value is -0.750. The van der Waals surface area contributed by atoms with E-state index in [2.05, 4.69) is 21.2 Å². The smallest absolute Gasteiger partial charge is 0.383 e. The maximum atomic E-state index is 12.5. The average Bonchev–Trinajstić information content (AvgIpc) is 2.16. The summed E-state index contributed by atoms with van der Waals surface area (Å²) < 4.78 is 42.6. The molecule has 0 unspecified atom stereocenters. The Kier molecular flexibility index (Phi) is 4.61. The van der Waals surface area contributed by atoms with Crippen LogP contribution in [0.5, 0.6) is 0 Å². The van der Waals surface area contributed by atoms with E-state index in [-0.39, 0.29) is 0 Å². The fourth-order valence-corrected chi connectivity index (χ4v) is 1.65. The normalized spacial score (nSPS) is 11.6. The van der Waals surface area contributed by atoms with Gasteiger partial charge in [-0.2, -0.15) is 13.2 Å². The van der Waals surface area contributed by atoms with Crippen molar-refractivity contribution in [2.24, 2.45) is 0 Å². The summed E-state index contributed by atoms with van der Waals surface area (Å²) in [5, 5.41) is 2.84. The molecule has 0 aromatic heterocycles. The summed E-state index contributed by atoms with van der Waals surface area (Å²) >= 11 is 3.04. The van der Waals surface area contributed by atoms with E-state index in [1.54, 1.807) is 6.07 Å². The van der Waals surface area contributed by atoms with Crippen molar-refractivity contribution in [2.45, 2.75) is 6.18 Å². The second-order valence-electron chi connectivity index (χ2n) is 3.15. The lowest BCUT2D eigenvalue weighted by Gasteiger charge is -2.11. The van der Waals surface area contributed by atoms with Crippen molar-refractivity contribution in [1.29, 1.82) is 0 Å². The quantitative estimate of drug-likeness (QED) is 0.859. The molecular formula is C10H11BrF3NO. The van der Waals surface area contributed by atoms with Gasteiger partial charge in [0.2, 0.25) is 0 Å². The number of hydrogen-bond acceptors (Lipinski definition) is 2. The summed E-state index contributed by atoms with van der Waals surface area (Å²) in [5.74, 6) is 0. The summed E-state index contributed by atoms with van der Waals surface area (Å²) in [7, 11) is 1.53. The summed E-state index contributed by atoms with van der Waals surface area (Å²) in [4.78, 5) is 0. The first kappa shape index (κ1) is 13.3. The number of halogens is 4. The van der Waals surface area contributed by atoms with Crippen molar-refractivity contribution in [3.05, 3.63) is 28.2 Å². The lowest BCUT2D eigenvalue weighted by molar-refractivity contribution is -0.137. The van der Waals surface area contributed by atoms with E-state index in [9.17, 15) is 13.2 Å². The van der Waals surface area contributed by atoms with Crippen LogP contribution in [0, 0.1) is 0 Å². The molecule has 0 aliphatic heterocycles. The molecule has 0 amide bonds. The molecule has 16 heavy (non-hydrogen) atoms. The summed E-state index contributed by atoms with van der Waals surface area (Å²) in [6.45, 7) is 0.901. The molecule has 0 atom stereocenters. The summed E-state index contributed by atoms with van der Waals surface area (Å²) in [6.07, 6.45) is -4.33. The van der Waals surface area contributed by atoms with Crippen molar-refractivity contribution in [3.8, 4) is 0 Å². The van der Waals surface area contributed by atoms with Crippen LogP contribution in [0.15, 0.2) is 22.7 Å². The summed E-state index contributed by atoms with van der Waals surface area (Å²) in [6, 6.07) is 3.70. The van der Waals surface area contributed by atoms with E-state index in [4.69, 9.17) is 4.74 Å². The lowest BCUT2D eigenvalue weighted by Crippen LogP contribution is -2.10. The highest BCUT2D eigenvalue weighted by Gasteiger charge is 2.31. The minimum Gasteiger partial charge on any atom is -0.383 e. The van der Waals surface area contributed by atoms with E-state index in [1.165, 1.54) is 7.11 Å². The number of hydrogen-bond donors (Lipinski definition) is 1. The van der Waals surface area contributed by atoms with Crippen LogP contribution >= 0.6 is 15.9 Å². The van der Waals surface area contributed by atoms with Gasteiger partial charge in [0, 0.05) is 23.8 Å². The first-order valence-electron chi connectivity index (χ1n) is 4.54. The van der Waals surface area contributed by atoms with Crippen molar-refractivity contribution >= 4 is 21.6 Å². The van der Waals surface area contributed by atoms with Gasteiger partial charge in [-0.1, -0.05) is 15.9 Å². The van der Waals surface area contributed by atoms with Crippen molar-refractivity contribution in [3.63, 3.8) is 0 Å². The molecule has 0 saturated heterocycles. The van der Waals surface area contributed by atoms with Crippen LogP contribution in [0.3, 0.4) is 0 Å². The van der Waals surface area contributed by atoms with Crippen LogP contribution in [-0.4, -0.2) is 20.3 Å². The van der Waals surface area contributed by atoms with Gasteiger partial charge in [-0.15, -0.1) is 0 Å². The van der Waals surface area contributed by atoms with Crippen molar-refractivity contribution in [1.82, 2.24) is 0 Å². The van der Waals surface area contributed by atoms with E-state index < -0.39 is 11.7 Å². The minimum absolute atomic E-state index is 0.391. The van der Waals surface area contributed by atoms with Crippen LogP contribution in [0.2, 0.25) is 0 Å². The zero-order valence-corrected chi connectivity index (χ0v) is 10.2. The van der Waals surface area contributed by atoms with Gasteiger partial charge in [-0.3, -0.25) is 0 Å². The Morgan fingerprint density at radius 2 is 2.00 bits per heavy atom. The molecule has 2 nitrogen and oxygen atoms in total. The molecule has 0 heterocycles. The molecule has 1 rings (SSSR count). The first-order chi connectivity index (χ1) is 7.43. The standard InChI is InChI=1S/C10H11BrF3NO/c1-16-3-2-15-9-5-7(10(12,13)14)4-8(11)6-9/h4-6,15H,2-3H2,1H3. The zero-order chi connectivity index (χ0) is 12.2. The van der Waals surface area contributed by atoms with Gasteiger partial charge in [0.25, 0.3) is 0 Å². The third kappa shape index (κ3) is 4.02. The Labute approximate surface area is 99.9 Å². The highest BCUT2D eigenvalue weighted by atomic mass is 79.9. The Morgan fingerprint density at radius 3 is 2.56 bits per heavy atom. The van der Waals surface area contributed by atoms with E-state index in [1.807, 2.05) is 0 Å². The van der Waals surface area contributed by atoms with Gasteiger partial charge >= 0.3 is 6.18 Å². The van der Waals surface area contributed by atoms with Gasteiger partial charge < -0.3 is 10.1 Å². The highest BCUT2D eigenvalue weighted by Crippen LogP contribution is 2.33. The molecule has 0 aliphatic rings. The molecule has 0 aliphatic carbocycles. The van der Waals surface area contributed by atoms with E-state index in [0.717, 1.165) is 12.1 Å². The Bertz CT molecular complexity index is 354. The molecule has 90 valence electrons. The molecule has 0 saturated carbocycles. The Morgan fingerprint density at radius 1 is 1.31 bits per heavy atom. The second-order valence-corrected chi connectivity index (χ2v) is 4.06. The highest BCUT2D eigenvalue weighted by molar-refractivity contribution is 9.10. The predicted octanol–water partition coefficient (Wildman–Crippen LogP) is 3.53. The summed E-state index contributed by atoms with van der Waals surface area (Å²) in [5.41, 5.74) is -0.263. The molecule has 1 aromatic rings. The molecule has 0 radical (unpaired) electrons. The molecule has 1 aromatic carbocycles.